The minimum atomic E-state index is -0.0813. The summed E-state index contributed by atoms with van der Waals surface area (Å²) in [6.45, 7) is 0.192. The van der Waals surface area contributed by atoms with Crippen LogP contribution in [0.2, 0.25) is 5.02 Å². The van der Waals surface area contributed by atoms with Gasteiger partial charge in [0.15, 0.2) is 0 Å². The van der Waals surface area contributed by atoms with E-state index in [1.54, 1.807) is 17.0 Å². The molecule has 0 unspecified atom stereocenters. The molecule has 0 saturated heterocycles. The number of para-hydroxylation sites is 1. The summed E-state index contributed by atoms with van der Waals surface area (Å²) in [6, 6.07) is 11.7. The number of benzene rings is 2. The summed E-state index contributed by atoms with van der Waals surface area (Å²) in [5, 5.41) is 3.57. The standard InChI is InChI=1S/C18H16ClN3O/c19-15-5-2-6-16-18(15)22(11-20-16)10-17(23)21-14-8-7-12-3-1-4-13(12)9-14/h2,5-9,11H,1,3-4,10H2,(H,21,23). The van der Waals surface area contributed by atoms with E-state index < -0.39 is 0 Å². The zero-order chi connectivity index (χ0) is 15.8. The van der Waals surface area contributed by atoms with E-state index in [9.17, 15) is 4.79 Å². The molecule has 23 heavy (non-hydrogen) atoms. The molecule has 0 radical (unpaired) electrons. The highest BCUT2D eigenvalue weighted by Crippen LogP contribution is 2.25. The number of carbonyl (C=O) groups is 1. The van der Waals surface area contributed by atoms with Crippen LogP contribution < -0.4 is 5.32 Å². The van der Waals surface area contributed by atoms with Gasteiger partial charge in [0.2, 0.25) is 5.91 Å². The minimum Gasteiger partial charge on any atom is -0.325 e. The maximum atomic E-state index is 12.3. The Morgan fingerprint density at radius 2 is 2.09 bits per heavy atom. The third kappa shape index (κ3) is 2.70. The summed E-state index contributed by atoms with van der Waals surface area (Å²) in [5.41, 5.74) is 5.18. The molecule has 1 N–H and O–H groups in total. The monoisotopic (exact) mass is 325 g/mol. The van der Waals surface area contributed by atoms with E-state index in [0.717, 1.165) is 29.6 Å². The second kappa shape index (κ2) is 5.70. The Balaban J connectivity index is 1.53. The molecule has 1 amide bonds. The third-order valence-electron chi connectivity index (χ3n) is 4.29. The summed E-state index contributed by atoms with van der Waals surface area (Å²) in [6.07, 6.45) is 5.09. The van der Waals surface area contributed by atoms with Crippen molar-refractivity contribution in [3.63, 3.8) is 0 Å². The summed E-state index contributed by atoms with van der Waals surface area (Å²) >= 11 is 6.22. The van der Waals surface area contributed by atoms with Gasteiger partial charge in [-0.1, -0.05) is 23.7 Å². The number of aromatic nitrogens is 2. The fraction of sp³-hybridized carbons (Fsp3) is 0.222. The first-order chi connectivity index (χ1) is 11.2. The van der Waals surface area contributed by atoms with E-state index in [2.05, 4.69) is 22.4 Å². The zero-order valence-corrected chi connectivity index (χ0v) is 13.3. The molecule has 1 aromatic heterocycles. The lowest BCUT2D eigenvalue weighted by atomic mass is 10.1. The van der Waals surface area contributed by atoms with Gasteiger partial charge in [-0.15, -0.1) is 0 Å². The molecule has 4 nitrogen and oxygen atoms in total. The molecule has 4 rings (SSSR count). The number of imidazole rings is 1. The molecule has 0 atom stereocenters. The third-order valence-corrected chi connectivity index (χ3v) is 4.59. The van der Waals surface area contributed by atoms with Crippen LogP contribution in [0.3, 0.4) is 0 Å². The lowest BCUT2D eigenvalue weighted by Gasteiger charge is -2.09. The molecule has 0 bridgehead atoms. The summed E-state index contributed by atoms with van der Waals surface area (Å²) in [4.78, 5) is 16.6. The molecular formula is C18H16ClN3O. The average molecular weight is 326 g/mol. The van der Waals surface area contributed by atoms with Crippen molar-refractivity contribution in [2.24, 2.45) is 0 Å². The topological polar surface area (TPSA) is 46.9 Å². The van der Waals surface area contributed by atoms with E-state index in [1.807, 2.05) is 18.2 Å². The van der Waals surface area contributed by atoms with Crippen molar-refractivity contribution in [2.75, 3.05) is 5.32 Å². The van der Waals surface area contributed by atoms with Crippen molar-refractivity contribution >= 4 is 34.2 Å². The van der Waals surface area contributed by atoms with Crippen LogP contribution in [0, 0.1) is 0 Å². The zero-order valence-electron chi connectivity index (χ0n) is 12.6. The number of hydrogen-bond acceptors (Lipinski definition) is 2. The van der Waals surface area contributed by atoms with Gasteiger partial charge in [-0.2, -0.15) is 0 Å². The number of rotatable bonds is 3. The molecule has 3 aromatic rings. The molecule has 1 aliphatic carbocycles. The number of hydrogen-bond donors (Lipinski definition) is 1. The highest BCUT2D eigenvalue weighted by molar-refractivity contribution is 6.35. The Kier molecular flexibility index (Phi) is 3.54. The van der Waals surface area contributed by atoms with Gasteiger partial charge in [-0.3, -0.25) is 4.79 Å². The number of amides is 1. The van der Waals surface area contributed by atoms with Gasteiger partial charge in [0.25, 0.3) is 0 Å². The first kappa shape index (κ1) is 14.3. The van der Waals surface area contributed by atoms with Gasteiger partial charge in [0.1, 0.15) is 6.54 Å². The molecule has 0 saturated carbocycles. The maximum Gasteiger partial charge on any atom is 0.244 e. The van der Waals surface area contributed by atoms with Crippen LogP contribution in [0.15, 0.2) is 42.7 Å². The molecule has 1 aliphatic rings. The van der Waals surface area contributed by atoms with E-state index in [1.165, 1.54) is 17.5 Å². The molecular weight excluding hydrogens is 310 g/mol. The number of aryl methyl sites for hydroxylation is 2. The van der Waals surface area contributed by atoms with Crippen molar-refractivity contribution in [2.45, 2.75) is 25.8 Å². The fourth-order valence-corrected chi connectivity index (χ4v) is 3.48. The number of halogens is 1. The molecule has 0 fully saturated rings. The molecule has 2 aromatic carbocycles. The lowest BCUT2D eigenvalue weighted by Crippen LogP contribution is -2.18. The largest absolute Gasteiger partial charge is 0.325 e. The van der Waals surface area contributed by atoms with E-state index in [4.69, 9.17) is 11.6 Å². The molecule has 1 heterocycles. The normalized spacial score (nSPS) is 13.3. The van der Waals surface area contributed by atoms with Gasteiger partial charge < -0.3 is 9.88 Å². The average Bonchev–Trinajstić information content (AvgIpc) is 3.14. The summed E-state index contributed by atoms with van der Waals surface area (Å²) in [7, 11) is 0. The van der Waals surface area contributed by atoms with Crippen molar-refractivity contribution in [3.05, 3.63) is 58.9 Å². The van der Waals surface area contributed by atoms with Crippen molar-refractivity contribution in [3.8, 4) is 0 Å². The van der Waals surface area contributed by atoms with Crippen LogP contribution >= 0.6 is 11.6 Å². The molecule has 0 aliphatic heterocycles. The Morgan fingerprint density at radius 1 is 1.22 bits per heavy atom. The minimum absolute atomic E-state index is 0.0813. The lowest BCUT2D eigenvalue weighted by molar-refractivity contribution is -0.116. The smallest absolute Gasteiger partial charge is 0.244 e. The van der Waals surface area contributed by atoms with Gasteiger partial charge in [0.05, 0.1) is 22.4 Å². The Labute approximate surface area is 139 Å². The highest BCUT2D eigenvalue weighted by Gasteiger charge is 2.13. The van der Waals surface area contributed by atoms with E-state index in [-0.39, 0.29) is 12.5 Å². The van der Waals surface area contributed by atoms with Gasteiger partial charge in [-0.25, -0.2) is 4.98 Å². The van der Waals surface area contributed by atoms with E-state index >= 15 is 0 Å². The molecule has 5 heteroatoms. The Morgan fingerprint density at radius 3 is 3.00 bits per heavy atom. The first-order valence-electron chi connectivity index (χ1n) is 7.72. The van der Waals surface area contributed by atoms with Crippen molar-refractivity contribution in [1.29, 1.82) is 0 Å². The summed E-state index contributed by atoms with van der Waals surface area (Å²) in [5.74, 6) is -0.0813. The van der Waals surface area contributed by atoms with Crippen LogP contribution in [-0.2, 0) is 24.2 Å². The predicted octanol–water partition coefficient (Wildman–Crippen LogP) is 3.82. The first-order valence-corrected chi connectivity index (χ1v) is 8.09. The van der Waals surface area contributed by atoms with Crippen LogP contribution in [0.4, 0.5) is 5.69 Å². The fourth-order valence-electron chi connectivity index (χ4n) is 3.21. The number of nitrogens with one attached hydrogen (secondary N) is 1. The second-order valence-corrected chi connectivity index (χ2v) is 6.27. The quantitative estimate of drug-likeness (QED) is 0.795. The Bertz CT molecular complexity index is 900. The maximum absolute atomic E-state index is 12.3. The van der Waals surface area contributed by atoms with Gasteiger partial charge in [-0.05, 0) is 54.7 Å². The predicted molar refractivity (Wildman–Crippen MR) is 91.8 cm³/mol. The van der Waals surface area contributed by atoms with Gasteiger partial charge in [0, 0.05) is 5.69 Å². The number of anilines is 1. The van der Waals surface area contributed by atoms with Crippen molar-refractivity contribution in [1.82, 2.24) is 9.55 Å². The van der Waals surface area contributed by atoms with E-state index in [0.29, 0.717) is 5.02 Å². The SMILES string of the molecule is O=C(Cn1cnc2cccc(Cl)c21)Nc1ccc2c(c1)CCC2. The molecule has 0 spiro atoms. The highest BCUT2D eigenvalue weighted by atomic mass is 35.5. The molecule has 116 valence electrons. The van der Waals surface area contributed by atoms with Crippen molar-refractivity contribution < 1.29 is 4.79 Å². The second-order valence-electron chi connectivity index (χ2n) is 5.87. The number of carbonyl (C=O) groups excluding carboxylic acids is 1. The number of fused-ring (bicyclic) bond motifs is 2. The summed E-state index contributed by atoms with van der Waals surface area (Å²) < 4.78 is 1.78. The number of nitrogens with zero attached hydrogens (tertiary/aromatic N) is 2. The van der Waals surface area contributed by atoms with Crippen LogP contribution in [0.25, 0.3) is 11.0 Å². The van der Waals surface area contributed by atoms with Crippen LogP contribution in [-0.4, -0.2) is 15.5 Å². The van der Waals surface area contributed by atoms with Crippen LogP contribution in [0.1, 0.15) is 17.5 Å². The Hall–Kier alpha value is -2.33. The van der Waals surface area contributed by atoms with Gasteiger partial charge >= 0.3 is 0 Å². The van der Waals surface area contributed by atoms with Crippen LogP contribution in [0.5, 0.6) is 0 Å².